The van der Waals surface area contributed by atoms with Crippen molar-refractivity contribution in [2.24, 2.45) is 0 Å². The molecule has 0 bridgehead atoms. The number of nitriles is 1. The van der Waals surface area contributed by atoms with Crippen LogP contribution in [0.15, 0.2) is 41.0 Å². The number of tetrazole rings is 1. The van der Waals surface area contributed by atoms with Crippen molar-refractivity contribution >= 4 is 27.2 Å². The molecule has 30 heavy (non-hydrogen) atoms. The zero-order valence-corrected chi connectivity index (χ0v) is 16.0. The molecule has 0 atom stereocenters. The van der Waals surface area contributed by atoms with E-state index in [9.17, 15) is 22.0 Å². The van der Waals surface area contributed by atoms with Crippen molar-refractivity contribution in [2.75, 3.05) is 5.32 Å². The minimum absolute atomic E-state index is 0.0294. The zero-order chi connectivity index (χ0) is 21.9. The third-order valence-electron chi connectivity index (χ3n) is 3.56. The number of ether oxygens (including phenoxy) is 1. The zero-order valence-electron chi connectivity index (χ0n) is 14.4. The molecule has 0 aliphatic rings. The Morgan fingerprint density at radius 2 is 1.90 bits per heavy atom. The molecule has 0 spiro atoms. The van der Waals surface area contributed by atoms with Gasteiger partial charge >= 0.3 is 6.18 Å². The van der Waals surface area contributed by atoms with Crippen LogP contribution in [0.3, 0.4) is 0 Å². The molecule has 13 heteroatoms. The van der Waals surface area contributed by atoms with Crippen LogP contribution in [-0.2, 0) is 6.18 Å². The summed E-state index contributed by atoms with van der Waals surface area (Å²) in [5.74, 6) is -4.06. The van der Waals surface area contributed by atoms with Crippen molar-refractivity contribution in [3.8, 4) is 17.6 Å². The van der Waals surface area contributed by atoms with Gasteiger partial charge in [-0.2, -0.15) is 23.6 Å². The summed E-state index contributed by atoms with van der Waals surface area (Å²) in [6, 6.07) is 6.25. The monoisotopic (exact) mass is 486 g/mol. The number of nitrogens with zero attached hydrogens (tertiary/aromatic N) is 4. The number of allylic oxidation sites excluding steroid dienone is 1. The molecule has 2 aromatic carbocycles. The van der Waals surface area contributed by atoms with E-state index in [1.807, 2.05) is 6.07 Å². The minimum atomic E-state index is -4.90. The van der Waals surface area contributed by atoms with E-state index < -0.39 is 29.1 Å². The fraction of sp³-hybridized carbons (Fsp3) is 0.0588. The number of hydrogen-bond donors (Lipinski definition) is 2. The van der Waals surface area contributed by atoms with Crippen LogP contribution >= 0.6 is 15.9 Å². The van der Waals surface area contributed by atoms with Gasteiger partial charge in [-0.1, -0.05) is 0 Å². The van der Waals surface area contributed by atoms with Crippen molar-refractivity contribution < 1.29 is 26.7 Å². The molecule has 0 saturated carbocycles. The molecule has 0 amide bonds. The molecule has 1 heterocycles. The molecule has 154 valence electrons. The summed E-state index contributed by atoms with van der Waals surface area (Å²) < 4.78 is 71.6. The highest BCUT2D eigenvalue weighted by Gasteiger charge is 2.33. The fourth-order valence-electron chi connectivity index (χ4n) is 2.19. The van der Waals surface area contributed by atoms with Gasteiger partial charge in [0.05, 0.1) is 11.3 Å². The van der Waals surface area contributed by atoms with Crippen molar-refractivity contribution in [1.29, 1.82) is 5.26 Å². The molecule has 0 saturated heterocycles. The second-order valence-electron chi connectivity index (χ2n) is 5.56. The van der Waals surface area contributed by atoms with Gasteiger partial charge in [-0.25, -0.2) is 8.78 Å². The Kier molecular flexibility index (Phi) is 5.97. The Bertz CT molecular complexity index is 1120. The number of hydrogen-bond acceptors (Lipinski definition) is 6. The molecule has 0 unspecified atom stereocenters. The quantitative estimate of drug-likeness (QED) is 0.387. The third kappa shape index (κ3) is 4.71. The topological polar surface area (TPSA) is 99.5 Å². The fourth-order valence-corrected chi connectivity index (χ4v) is 2.55. The van der Waals surface area contributed by atoms with Gasteiger partial charge in [-0.15, -0.1) is 10.2 Å². The summed E-state index contributed by atoms with van der Waals surface area (Å²) in [7, 11) is 0. The van der Waals surface area contributed by atoms with Crippen LogP contribution in [0.1, 0.15) is 11.4 Å². The van der Waals surface area contributed by atoms with E-state index >= 15 is 0 Å². The summed E-state index contributed by atoms with van der Waals surface area (Å²) >= 11 is 3.24. The maximum atomic E-state index is 14.0. The van der Waals surface area contributed by atoms with Crippen LogP contribution < -0.4 is 10.1 Å². The Morgan fingerprint density at radius 3 is 2.47 bits per heavy atom. The van der Waals surface area contributed by atoms with Crippen LogP contribution in [0.4, 0.5) is 27.6 Å². The lowest BCUT2D eigenvalue weighted by atomic mass is 10.2. The summed E-state index contributed by atoms with van der Waals surface area (Å²) in [6.45, 7) is 0. The van der Waals surface area contributed by atoms with Crippen LogP contribution in [0.5, 0.6) is 11.5 Å². The van der Waals surface area contributed by atoms with Crippen LogP contribution in [0, 0.1) is 23.0 Å². The van der Waals surface area contributed by atoms with Crippen molar-refractivity contribution in [1.82, 2.24) is 20.6 Å². The number of anilines is 1. The summed E-state index contributed by atoms with van der Waals surface area (Å²) in [5.41, 5.74) is -1.13. The lowest BCUT2D eigenvalue weighted by Gasteiger charge is -2.13. The highest BCUT2D eigenvalue weighted by Crippen LogP contribution is 2.37. The molecular formula is C17H8BrF5N6O. The SMILES string of the molecule is N#CC(=CNc1cc(Oc2c(F)cc(C(F)(F)F)cc2F)ccc1Br)c1nn[nH]n1. The Labute approximate surface area is 173 Å². The predicted octanol–water partition coefficient (Wildman–Crippen LogP) is 5.03. The maximum Gasteiger partial charge on any atom is 0.416 e. The Hall–Kier alpha value is -3.53. The molecule has 1 aromatic heterocycles. The third-order valence-corrected chi connectivity index (χ3v) is 4.25. The van der Waals surface area contributed by atoms with Crippen LogP contribution in [0.2, 0.25) is 0 Å². The van der Waals surface area contributed by atoms with Gasteiger partial charge < -0.3 is 10.1 Å². The van der Waals surface area contributed by atoms with Gasteiger partial charge in [0.2, 0.25) is 5.82 Å². The number of H-pyrrole nitrogens is 1. The molecule has 0 aliphatic heterocycles. The number of aromatic nitrogens is 4. The molecular weight excluding hydrogens is 479 g/mol. The van der Waals surface area contributed by atoms with E-state index in [1.165, 1.54) is 24.4 Å². The van der Waals surface area contributed by atoms with E-state index in [1.54, 1.807) is 0 Å². The molecule has 3 aromatic rings. The highest BCUT2D eigenvalue weighted by atomic mass is 79.9. The average molecular weight is 487 g/mol. The number of nitrogens with one attached hydrogen (secondary N) is 2. The van der Waals surface area contributed by atoms with Crippen molar-refractivity contribution in [3.05, 3.63) is 64.0 Å². The molecule has 2 N–H and O–H groups in total. The van der Waals surface area contributed by atoms with Crippen LogP contribution in [0.25, 0.3) is 5.57 Å². The first-order valence-electron chi connectivity index (χ1n) is 7.83. The molecule has 7 nitrogen and oxygen atoms in total. The van der Waals surface area contributed by atoms with E-state index in [-0.39, 0.29) is 29.3 Å². The highest BCUT2D eigenvalue weighted by molar-refractivity contribution is 9.10. The first-order chi connectivity index (χ1) is 14.2. The smallest absolute Gasteiger partial charge is 0.416 e. The predicted molar refractivity (Wildman–Crippen MR) is 97.0 cm³/mol. The summed E-state index contributed by atoms with van der Waals surface area (Å²) in [6.07, 6.45) is -3.65. The maximum absolute atomic E-state index is 14.0. The van der Waals surface area contributed by atoms with E-state index in [0.717, 1.165) is 0 Å². The largest absolute Gasteiger partial charge is 0.451 e. The number of halogens is 6. The first-order valence-corrected chi connectivity index (χ1v) is 8.62. The number of alkyl halides is 3. The number of benzene rings is 2. The van der Waals surface area contributed by atoms with Crippen molar-refractivity contribution in [2.45, 2.75) is 6.18 Å². The van der Waals surface area contributed by atoms with Gasteiger partial charge in [0, 0.05) is 16.7 Å². The Morgan fingerprint density at radius 1 is 1.20 bits per heavy atom. The number of rotatable bonds is 5. The van der Waals surface area contributed by atoms with E-state index in [2.05, 4.69) is 41.9 Å². The second-order valence-corrected chi connectivity index (χ2v) is 6.41. The van der Waals surface area contributed by atoms with Gasteiger partial charge in [-0.05, 0) is 45.4 Å². The summed E-state index contributed by atoms with van der Waals surface area (Å²) in [5, 5.41) is 24.8. The normalized spacial score (nSPS) is 11.8. The molecule has 0 fully saturated rings. The van der Waals surface area contributed by atoms with Gasteiger partial charge in [0.1, 0.15) is 17.4 Å². The van der Waals surface area contributed by atoms with Gasteiger partial charge in [0.25, 0.3) is 0 Å². The van der Waals surface area contributed by atoms with E-state index in [4.69, 9.17) is 10.00 Å². The first kappa shape index (κ1) is 21.2. The molecule has 0 aliphatic carbocycles. The molecule has 3 rings (SSSR count). The minimum Gasteiger partial charge on any atom is -0.451 e. The van der Waals surface area contributed by atoms with Gasteiger partial charge in [0.15, 0.2) is 17.4 Å². The summed E-state index contributed by atoms with van der Waals surface area (Å²) in [4.78, 5) is 0. The standard InChI is InChI=1S/C17H8BrF5N6O/c18-11-2-1-10(5-14(11)25-7-8(6-24)16-26-28-29-27-16)30-15-12(19)3-9(4-13(15)20)17(21,22)23/h1-5,7,25H,(H,26,27,28,29). The number of aromatic amines is 1. The van der Waals surface area contributed by atoms with Crippen LogP contribution in [-0.4, -0.2) is 20.6 Å². The second kappa shape index (κ2) is 8.46. The lowest BCUT2D eigenvalue weighted by Crippen LogP contribution is -2.07. The molecule has 0 radical (unpaired) electrons. The van der Waals surface area contributed by atoms with Crippen molar-refractivity contribution in [3.63, 3.8) is 0 Å². The van der Waals surface area contributed by atoms with Gasteiger partial charge in [-0.3, -0.25) is 0 Å². The lowest BCUT2D eigenvalue weighted by molar-refractivity contribution is -0.138. The Balaban J connectivity index is 1.87. The average Bonchev–Trinajstić information content (AvgIpc) is 3.21. The van der Waals surface area contributed by atoms with E-state index in [0.29, 0.717) is 10.2 Å².